The number of halogens is 1. The third-order valence-electron chi connectivity index (χ3n) is 4.95. The van der Waals surface area contributed by atoms with Crippen LogP contribution in [0.4, 0.5) is 4.39 Å². The molecule has 0 amide bonds. The van der Waals surface area contributed by atoms with E-state index < -0.39 is 15.1 Å². The molecular formula is C17H19FO3S. The van der Waals surface area contributed by atoms with Crippen LogP contribution in [0.1, 0.15) is 37.7 Å². The summed E-state index contributed by atoms with van der Waals surface area (Å²) in [7, 11) is -3.02. The molecule has 0 spiro atoms. The molecular weight excluding hydrogens is 303 g/mol. The van der Waals surface area contributed by atoms with Gasteiger partial charge in [0.2, 0.25) is 0 Å². The highest BCUT2D eigenvalue weighted by Crippen LogP contribution is 2.43. The normalized spacial score (nSPS) is 29.2. The molecule has 3 nitrogen and oxygen atoms in total. The van der Waals surface area contributed by atoms with Crippen LogP contribution >= 0.6 is 0 Å². The van der Waals surface area contributed by atoms with Gasteiger partial charge in [-0.1, -0.05) is 6.08 Å². The van der Waals surface area contributed by atoms with E-state index in [9.17, 15) is 12.8 Å². The second kappa shape index (κ2) is 5.08. The summed E-state index contributed by atoms with van der Waals surface area (Å²) in [5.74, 6) is 0.989. The number of ether oxygens (including phenoxy) is 1. The highest BCUT2D eigenvalue weighted by molar-refractivity contribution is 7.93. The van der Waals surface area contributed by atoms with Crippen LogP contribution < -0.4 is 4.74 Å². The van der Waals surface area contributed by atoms with Crippen molar-refractivity contribution in [2.24, 2.45) is 5.92 Å². The van der Waals surface area contributed by atoms with Gasteiger partial charge in [-0.05, 0) is 61.8 Å². The number of allylic oxidation sites excluding steroid dienone is 1. The molecule has 0 aromatic heterocycles. The van der Waals surface area contributed by atoms with Gasteiger partial charge < -0.3 is 4.74 Å². The van der Waals surface area contributed by atoms with Crippen molar-refractivity contribution >= 4 is 15.4 Å². The van der Waals surface area contributed by atoms with Crippen LogP contribution in [-0.2, 0) is 9.84 Å². The first-order valence-electron chi connectivity index (χ1n) is 7.90. The molecule has 1 saturated heterocycles. The minimum Gasteiger partial charge on any atom is -0.493 e. The van der Waals surface area contributed by atoms with Crippen LogP contribution in [0.2, 0.25) is 0 Å². The maximum atomic E-state index is 13.7. The summed E-state index contributed by atoms with van der Waals surface area (Å²) in [4.78, 5) is 0. The Bertz CT molecular complexity index is 734. The van der Waals surface area contributed by atoms with E-state index >= 15 is 0 Å². The molecule has 22 heavy (non-hydrogen) atoms. The highest BCUT2D eigenvalue weighted by atomic mass is 32.2. The van der Waals surface area contributed by atoms with E-state index in [2.05, 4.69) is 0 Å². The van der Waals surface area contributed by atoms with Gasteiger partial charge in [0.05, 0.1) is 17.1 Å². The van der Waals surface area contributed by atoms with E-state index in [-0.39, 0.29) is 11.1 Å². The minimum atomic E-state index is -3.02. The van der Waals surface area contributed by atoms with Crippen LogP contribution in [0.5, 0.6) is 5.75 Å². The third-order valence-corrected chi connectivity index (χ3v) is 7.50. The van der Waals surface area contributed by atoms with Crippen LogP contribution in [0, 0.1) is 11.7 Å². The van der Waals surface area contributed by atoms with E-state index in [0.717, 1.165) is 11.1 Å². The molecule has 2 fully saturated rings. The molecule has 1 aromatic carbocycles. The van der Waals surface area contributed by atoms with Gasteiger partial charge >= 0.3 is 0 Å². The van der Waals surface area contributed by atoms with Crippen molar-refractivity contribution in [3.8, 4) is 5.75 Å². The van der Waals surface area contributed by atoms with Crippen molar-refractivity contribution in [1.29, 1.82) is 0 Å². The summed E-state index contributed by atoms with van der Waals surface area (Å²) >= 11 is 0. The quantitative estimate of drug-likeness (QED) is 0.854. The molecule has 0 N–H and O–H groups in total. The van der Waals surface area contributed by atoms with Gasteiger partial charge in [-0.15, -0.1) is 0 Å². The fourth-order valence-corrected chi connectivity index (χ4v) is 5.62. The molecule has 2 heterocycles. The maximum Gasteiger partial charge on any atom is 0.159 e. The Hall–Kier alpha value is -1.36. The third kappa shape index (κ3) is 2.45. The SMILES string of the molecule is O=S1(=O)C2C=C(c3cc(F)ccc3OCC3CC3)CC1CC2. The summed E-state index contributed by atoms with van der Waals surface area (Å²) in [6, 6.07) is 4.55. The summed E-state index contributed by atoms with van der Waals surface area (Å²) in [6.45, 7) is 0.664. The van der Waals surface area contributed by atoms with Gasteiger partial charge in [0.25, 0.3) is 0 Å². The van der Waals surface area contributed by atoms with E-state index in [1.165, 1.54) is 25.0 Å². The fourth-order valence-electron chi connectivity index (χ4n) is 3.43. The Balaban J connectivity index is 1.68. The second-order valence-electron chi connectivity index (χ2n) is 6.62. The maximum absolute atomic E-state index is 13.7. The zero-order valence-corrected chi connectivity index (χ0v) is 13.1. The number of sulfone groups is 1. The summed E-state index contributed by atoms with van der Waals surface area (Å²) in [5, 5.41) is -0.710. The molecule has 2 atom stereocenters. The topological polar surface area (TPSA) is 43.4 Å². The van der Waals surface area contributed by atoms with Crippen LogP contribution in [0.25, 0.3) is 5.57 Å². The summed E-state index contributed by atoms with van der Waals surface area (Å²) in [6.07, 6.45) is 6.08. The van der Waals surface area contributed by atoms with Gasteiger partial charge in [0.1, 0.15) is 11.6 Å². The first kappa shape index (κ1) is 14.2. The highest BCUT2D eigenvalue weighted by Gasteiger charge is 2.43. The van der Waals surface area contributed by atoms with Crippen LogP contribution in [0.3, 0.4) is 0 Å². The molecule has 1 aliphatic carbocycles. The Morgan fingerprint density at radius 1 is 1.18 bits per heavy atom. The average molecular weight is 322 g/mol. The standard InChI is InChI=1S/C17H19FO3S/c18-13-3-6-17(21-10-11-1-2-11)16(9-13)12-7-14-4-5-15(8-12)22(14,19)20/h3,6-7,9,11,14-15H,1-2,4-5,8,10H2. The Kier molecular flexibility index (Phi) is 3.29. The molecule has 118 valence electrons. The predicted octanol–water partition coefficient (Wildman–Crippen LogP) is 3.35. The van der Waals surface area contributed by atoms with Crippen LogP contribution in [0.15, 0.2) is 24.3 Å². The van der Waals surface area contributed by atoms with E-state index in [0.29, 0.717) is 37.5 Å². The zero-order valence-electron chi connectivity index (χ0n) is 12.3. The number of fused-ring (bicyclic) bond motifs is 2. The Labute approximate surface area is 130 Å². The number of benzene rings is 1. The lowest BCUT2D eigenvalue weighted by molar-refractivity contribution is 0.298. The molecule has 2 unspecified atom stereocenters. The molecule has 1 aromatic rings. The first-order valence-corrected chi connectivity index (χ1v) is 9.51. The Morgan fingerprint density at radius 2 is 2.00 bits per heavy atom. The zero-order chi connectivity index (χ0) is 15.3. The van der Waals surface area contributed by atoms with Crippen molar-refractivity contribution in [3.63, 3.8) is 0 Å². The van der Waals surface area contributed by atoms with Crippen molar-refractivity contribution in [1.82, 2.24) is 0 Å². The number of hydrogen-bond acceptors (Lipinski definition) is 3. The van der Waals surface area contributed by atoms with Crippen molar-refractivity contribution in [2.75, 3.05) is 6.61 Å². The monoisotopic (exact) mass is 322 g/mol. The second-order valence-corrected chi connectivity index (χ2v) is 9.07. The Morgan fingerprint density at radius 3 is 2.73 bits per heavy atom. The lowest BCUT2D eigenvalue weighted by Crippen LogP contribution is -2.26. The molecule has 0 radical (unpaired) electrons. The van der Waals surface area contributed by atoms with Crippen LogP contribution in [-0.4, -0.2) is 25.5 Å². The molecule has 2 bridgehead atoms. The smallest absolute Gasteiger partial charge is 0.159 e. The number of hydrogen-bond donors (Lipinski definition) is 0. The first-order chi connectivity index (χ1) is 10.5. The molecule has 1 saturated carbocycles. The van der Waals surface area contributed by atoms with Crippen molar-refractivity contribution < 1.29 is 17.5 Å². The minimum absolute atomic E-state index is 0.308. The molecule has 4 rings (SSSR count). The molecule has 3 aliphatic rings. The van der Waals surface area contributed by atoms with E-state index in [1.807, 2.05) is 6.08 Å². The average Bonchev–Trinajstić information content (AvgIpc) is 3.28. The molecule has 5 heteroatoms. The van der Waals surface area contributed by atoms with Crippen molar-refractivity contribution in [3.05, 3.63) is 35.7 Å². The summed E-state index contributed by atoms with van der Waals surface area (Å²) in [5.41, 5.74) is 1.65. The fraction of sp³-hybridized carbons (Fsp3) is 0.529. The van der Waals surface area contributed by atoms with E-state index in [1.54, 1.807) is 6.07 Å². The van der Waals surface area contributed by atoms with Gasteiger partial charge in [0.15, 0.2) is 9.84 Å². The van der Waals surface area contributed by atoms with Crippen molar-refractivity contribution in [2.45, 2.75) is 42.6 Å². The molecule has 2 aliphatic heterocycles. The van der Waals surface area contributed by atoms with Gasteiger partial charge in [-0.3, -0.25) is 0 Å². The number of rotatable bonds is 4. The van der Waals surface area contributed by atoms with Gasteiger partial charge in [-0.25, -0.2) is 12.8 Å². The largest absolute Gasteiger partial charge is 0.493 e. The van der Waals surface area contributed by atoms with E-state index in [4.69, 9.17) is 4.74 Å². The predicted molar refractivity (Wildman–Crippen MR) is 82.9 cm³/mol. The van der Waals surface area contributed by atoms with Gasteiger partial charge in [-0.2, -0.15) is 0 Å². The van der Waals surface area contributed by atoms with Gasteiger partial charge in [0, 0.05) is 5.56 Å². The lowest BCUT2D eigenvalue weighted by Gasteiger charge is -2.22. The lowest BCUT2D eigenvalue weighted by atomic mass is 9.99. The summed E-state index contributed by atoms with van der Waals surface area (Å²) < 4.78 is 43.9.